The predicted molar refractivity (Wildman–Crippen MR) is 75.3 cm³/mol. The molecule has 0 fully saturated rings. The van der Waals surface area contributed by atoms with Crippen LogP contribution in [0.1, 0.15) is 26.3 Å². The van der Waals surface area contributed by atoms with Crippen molar-refractivity contribution in [1.82, 2.24) is 5.32 Å². The number of hydrogen-bond acceptors (Lipinski definition) is 5. The Kier molecular flexibility index (Phi) is 5.23. The number of nitrogens with one attached hydrogen (secondary N) is 1. The van der Waals surface area contributed by atoms with Crippen molar-refractivity contribution in [2.45, 2.75) is 26.4 Å². The zero-order chi connectivity index (χ0) is 16.0. The lowest BCUT2D eigenvalue weighted by Gasteiger charge is -2.19. The van der Waals surface area contributed by atoms with Gasteiger partial charge in [-0.15, -0.1) is 0 Å². The second kappa shape index (κ2) is 6.69. The molecule has 1 N–H and O–H groups in total. The number of hydrogen-bond donors (Lipinski definition) is 1. The standard InChI is InChI=1S/C13H17N3O5/c1-13(2,3)21-12(17)14-7-4-5-10-9-15(18)8-6-11(10)16(19)20/h4-6,8-9H,7H2,1-3H3,(H,14,17). The third kappa shape index (κ3) is 5.89. The number of nitro groups is 1. The topological polar surface area (TPSA) is 108 Å². The van der Waals surface area contributed by atoms with Gasteiger partial charge in [0.2, 0.25) is 0 Å². The molecule has 0 aliphatic heterocycles. The number of rotatable bonds is 4. The van der Waals surface area contributed by atoms with Gasteiger partial charge in [0.05, 0.1) is 11.0 Å². The molecule has 1 aromatic heterocycles. The van der Waals surface area contributed by atoms with E-state index in [1.54, 1.807) is 20.8 Å². The van der Waals surface area contributed by atoms with Crippen LogP contribution in [-0.2, 0) is 4.74 Å². The molecule has 21 heavy (non-hydrogen) atoms. The minimum Gasteiger partial charge on any atom is -0.619 e. The highest BCUT2D eigenvalue weighted by Crippen LogP contribution is 2.16. The first-order valence-electron chi connectivity index (χ1n) is 6.19. The largest absolute Gasteiger partial charge is 0.619 e. The van der Waals surface area contributed by atoms with E-state index in [9.17, 15) is 20.1 Å². The van der Waals surface area contributed by atoms with E-state index in [1.165, 1.54) is 12.2 Å². The van der Waals surface area contributed by atoms with Crippen LogP contribution < -0.4 is 10.0 Å². The summed E-state index contributed by atoms with van der Waals surface area (Å²) in [5, 5.41) is 24.4. The number of carbonyl (C=O) groups excluding carboxylic acids is 1. The molecule has 114 valence electrons. The number of alkyl carbamates (subject to hydrolysis) is 1. The Morgan fingerprint density at radius 3 is 2.76 bits per heavy atom. The van der Waals surface area contributed by atoms with Crippen molar-refractivity contribution >= 4 is 17.9 Å². The van der Waals surface area contributed by atoms with E-state index in [2.05, 4.69) is 5.32 Å². The first-order chi connectivity index (χ1) is 9.69. The number of ether oxygens (including phenoxy) is 1. The Hall–Kier alpha value is -2.64. The number of pyridine rings is 1. The average molecular weight is 295 g/mol. The van der Waals surface area contributed by atoms with Gasteiger partial charge in [-0.2, -0.15) is 4.73 Å². The van der Waals surface area contributed by atoms with Gasteiger partial charge in [-0.05, 0) is 26.8 Å². The van der Waals surface area contributed by atoms with Crippen LogP contribution in [0, 0.1) is 15.3 Å². The van der Waals surface area contributed by atoms with Gasteiger partial charge in [-0.1, -0.05) is 6.08 Å². The SMILES string of the molecule is CC(C)(C)OC(=O)NCC=Cc1c[n+]([O-])ccc1[N+](=O)[O-]. The van der Waals surface area contributed by atoms with Crippen LogP contribution >= 0.6 is 0 Å². The van der Waals surface area contributed by atoms with Crippen LogP contribution in [-0.4, -0.2) is 23.2 Å². The summed E-state index contributed by atoms with van der Waals surface area (Å²) in [7, 11) is 0. The maximum Gasteiger partial charge on any atom is 0.407 e. The summed E-state index contributed by atoms with van der Waals surface area (Å²) in [5.74, 6) is 0. The highest BCUT2D eigenvalue weighted by Gasteiger charge is 2.16. The molecule has 0 aliphatic carbocycles. The first-order valence-corrected chi connectivity index (χ1v) is 6.19. The number of nitrogens with zero attached hydrogens (tertiary/aromatic N) is 2. The molecule has 0 spiro atoms. The maximum absolute atomic E-state index is 11.4. The fourth-order valence-corrected chi connectivity index (χ4v) is 1.42. The second-order valence-corrected chi connectivity index (χ2v) is 5.19. The summed E-state index contributed by atoms with van der Waals surface area (Å²) >= 11 is 0. The molecule has 0 unspecified atom stereocenters. The molecule has 8 heteroatoms. The zero-order valence-corrected chi connectivity index (χ0v) is 12.0. The van der Waals surface area contributed by atoms with Crippen molar-refractivity contribution in [1.29, 1.82) is 0 Å². The van der Waals surface area contributed by atoms with Crippen molar-refractivity contribution in [3.8, 4) is 0 Å². The normalized spacial score (nSPS) is 11.4. The fraction of sp³-hybridized carbons (Fsp3) is 0.385. The lowest BCUT2D eigenvalue weighted by atomic mass is 10.2. The van der Waals surface area contributed by atoms with Crippen LogP contribution in [0.5, 0.6) is 0 Å². The maximum atomic E-state index is 11.4. The van der Waals surface area contributed by atoms with Gasteiger partial charge < -0.3 is 15.3 Å². The Bertz CT molecular complexity index is 563. The molecule has 1 amide bonds. The van der Waals surface area contributed by atoms with E-state index >= 15 is 0 Å². The summed E-state index contributed by atoms with van der Waals surface area (Å²) in [5.41, 5.74) is -0.626. The lowest BCUT2D eigenvalue weighted by molar-refractivity contribution is -0.606. The van der Waals surface area contributed by atoms with Crippen LogP contribution in [0.15, 0.2) is 24.5 Å². The lowest BCUT2D eigenvalue weighted by Crippen LogP contribution is -2.32. The van der Waals surface area contributed by atoms with E-state index in [1.807, 2.05) is 0 Å². The zero-order valence-electron chi connectivity index (χ0n) is 12.0. The molecule has 0 bridgehead atoms. The minimum atomic E-state index is -0.597. The molecule has 1 heterocycles. The molecule has 0 radical (unpaired) electrons. The van der Waals surface area contributed by atoms with E-state index in [-0.39, 0.29) is 17.8 Å². The summed E-state index contributed by atoms with van der Waals surface area (Å²) in [6, 6.07) is 1.12. The van der Waals surface area contributed by atoms with Crippen molar-refractivity contribution in [3.05, 3.63) is 45.4 Å². The molecular formula is C13H17N3O5. The average Bonchev–Trinajstić information content (AvgIpc) is 2.32. The van der Waals surface area contributed by atoms with E-state index < -0.39 is 16.6 Å². The molecule has 0 saturated heterocycles. The van der Waals surface area contributed by atoms with Gasteiger partial charge in [0.25, 0.3) is 5.69 Å². The Balaban J connectivity index is 2.64. The van der Waals surface area contributed by atoms with Crippen LogP contribution in [0.4, 0.5) is 10.5 Å². The number of carbonyl (C=O) groups is 1. The Labute approximate surface area is 121 Å². The summed E-state index contributed by atoms with van der Waals surface area (Å²) < 4.78 is 5.49. The van der Waals surface area contributed by atoms with E-state index in [0.29, 0.717) is 4.73 Å². The third-order valence-electron chi connectivity index (χ3n) is 2.20. The fourth-order valence-electron chi connectivity index (χ4n) is 1.42. The molecule has 0 aromatic carbocycles. The third-order valence-corrected chi connectivity index (χ3v) is 2.20. The smallest absolute Gasteiger partial charge is 0.407 e. The monoisotopic (exact) mass is 295 g/mol. The van der Waals surface area contributed by atoms with Gasteiger partial charge in [-0.3, -0.25) is 10.1 Å². The van der Waals surface area contributed by atoms with Gasteiger partial charge in [0.1, 0.15) is 11.2 Å². The Morgan fingerprint density at radius 1 is 1.52 bits per heavy atom. The van der Waals surface area contributed by atoms with E-state index in [0.717, 1.165) is 18.5 Å². The molecule has 0 atom stereocenters. The number of aromatic nitrogens is 1. The van der Waals surface area contributed by atoms with Gasteiger partial charge in [-0.25, -0.2) is 4.79 Å². The minimum absolute atomic E-state index is 0.125. The van der Waals surface area contributed by atoms with E-state index in [4.69, 9.17) is 4.74 Å². The van der Waals surface area contributed by atoms with Crippen molar-refractivity contribution in [2.24, 2.45) is 0 Å². The molecule has 8 nitrogen and oxygen atoms in total. The van der Waals surface area contributed by atoms with Crippen molar-refractivity contribution in [3.63, 3.8) is 0 Å². The van der Waals surface area contributed by atoms with Crippen molar-refractivity contribution in [2.75, 3.05) is 6.54 Å². The molecular weight excluding hydrogens is 278 g/mol. The van der Waals surface area contributed by atoms with Crippen molar-refractivity contribution < 1.29 is 19.2 Å². The quantitative estimate of drug-likeness (QED) is 0.394. The second-order valence-electron chi connectivity index (χ2n) is 5.19. The van der Waals surface area contributed by atoms with Crippen LogP contribution in [0.3, 0.4) is 0 Å². The van der Waals surface area contributed by atoms with Crippen LogP contribution in [0.2, 0.25) is 0 Å². The molecule has 0 aliphatic rings. The number of amides is 1. The van der Waals surface area contributed by atoms with Gasteiger partial charge >= 0.3 is 6.09 Å². The predicted octanol–water partition coefficient (Wildman–Crippen LogP) is 1.77. The first kappa shape index (κ1) is 16.4. The molecule has 1 aromatic rings. The summed E-state index contributed by atoms with van der Waals surface area (Å²) in [4.78, 5) is 21.6. The highest BCUT2D eigenvalue weighted by molar-refractivity contribution is 5.68. The van der Waals surface area contributed by atoms with Crippen LogP contribution in [0.25, 0.3) is 6.08 Å². The molecule has 0 saturated carbocycles. The molecule has 1 rings (SSSR count). The summed E-state index contributed by atoms with van der Waals surface area (Å²) in [6.45, 7) is 5.34. The van der Waals surface area contributed by atoms with Gasteiger partial charge in [0, 0.05) is 6.54 Å². The Morgan fingerprint density at radius 2 is 2.19 bits per heavy atom. The van der Waals surface area contributed by atoms with Gasteiger partial charge in [0.15, 0.2) is 12.4 Å². The highest BCUT2D eigenvalue weighted by atomic mass is 16.6. The summed E-state index contributed by atoms with van der Waals surface area (Å²) in [6.07, 6.45) is 4.43.